The normalized spacial score (nSPS) is 14.1. The second-order valence-electron chi connectivity index (χ2n) is 19.4. The van der Waals surface area contributed by atoms with Crippen LogP contribution in [0.2, 0.25) is 0 Å². The number of nitrogens with two attached hydrogens (primary N) is 1. The Kier molecular flexibility index (Phi) is 21.3. The summed E-state index contributed by atoms with van der Waals surface area (Å²) < 4.78 is 16.1. The minimum absolute atomic E-state index is 0.0109. The zero-order valence-corrected chi connectivity index (χ0v) is 47.9. The van der Waals surface area contributed by atoms with E-state index < -0.39 is 79.1 Å². The number of anilines is 2. The summed E-state index contributed by atoms with van der Waals surface area (Å²) >= 11 is 0. The predicted molar refractivity (Wildman–Crippen MR) is 312 cm³/mol. The van der Waals surface area contributed by atoms with Crippen molar-refractivity contribution in [3.05, 3.63) is 128 Å². The molecule has 6 aromatic rings. The topological polar surface area (TPSA) is 408 Å². The summed E-state index contributed by atoms with van der Waals surface area (Å²) in [5, 5.41) is 36.2. The van der Waals surface area contributed by atoms with Gasteiger partial charge < -0.3 is 71.8 Å². The van der Waals surface area contributed by atoms with Crippen LogP contribution in [0.15, 0.2) is 93.8 Å². The Morgan fingerprint density at radius 3 is 2.31 bits per heavy atom. The van der Waals surface area contributed by atoms with E-state index in [1.807, 2.05) is 6.92 Å². The van der Waals surface area contributed by atoms with Crippen molar-refractivity contribution < 1.29 is 67.6 Å². The van der Waals surface area contributed by atoms with Gasteiger partial charge in [0.2, 0.25) is 29.6 Å². The number of methoxy groups -OCH3 is 1. The summed E-state index contributed by atoms with van der Waals surface area (Å²) in [6.07, 6.45) is 0.514. The number of amides is 6. The number of pyridine rings is 1. The summed E-state index contributed by atoms with van der Waals surface area (Å²) in [5.74, 6) is -4.61. The highest BCUT2D eigenvalue weighted by Crippen LogP contribution is 2.45. The first-order chi connectivity index (χ1) is 41.4. The van der Waals surface area contributed by atoms with Crippen molar-refractivity contribution in [1.82, 2.24) is 56.4 Å². The number of nitrogens with zero attached hydrogens (tertiary/aromatic N) is 5. The van der Waals surface area contributed by atoms with Crippen molar-refractivity contribution in [2.24, 2.45) is 0 Å². The molecule has 28 nitrogen and oxygen atoms in total. The molecule has 450 valence electrons. The number of nitrogen functional groups attached to an aromatic ring is 1. The van der Waals surface area contributed by atoms with Gasteiger partial charge in [0, 0.05) is 59.5 Å². The van der Waals surface area contributed by atoms with Crippen molar-refractivity contribution in [1.29, 1.82) is 0 Å². The van der Waals surface area contributed by atoms with Crippen LogP contribution in [0.25, 0.3) is 22.1 Å². The first kappa shape index (κ1) is 62.5. The van der Waals surface area contributed by atoms with Crippen LogP contribution in [0, 0.1) is 0 Å². The van der Waals surface area contributed by atoms with Gasteiger partial charge in [0.25, 0.3) is 17.4 Å². The number of aromatic nitrogens is 5. The summed E-state index contributed by atoms with van der Waals surface area (Å²) in [5.41, 5.74) is 11.0. The molecule has 2 aliphatic heterocycles. The fourth-order valence-electron chi connectivity index (χ4n) is 9.25. The predicted octanol–water partition coefficient (Wildman–Crippen LogP) is 1.89. The number of carbonyl (C=O) groups excluding carboxylic acids is 8. The maximum Gasteiger partial charge on any atom is 0.514 e. The lowest BCUT2D eigenvalue weighted by Gasteiger charge is -2.33. The molecule has 0 aliphatic carbocycles. The molecule has 6 amide bonds. The fourth-order valence-corrected chi connectivity index (χ4v) is 11.4. The number of ether oxygens (including phenoxy) is 3. The minimum atomic E-state index is -1.44. The van der Waals surface area contributed by atoms with Gasteiger partial charge in [-0.05, 0) is 96.1 Å². The highest BCUT2D eigenvalue weighted by molar-refractivity contribution is 8.76. The molecule has 30 heteroatoms. The highest BCUT2D eigenvalue weighted by atomic mass is 33.1. The number of carbonyl (C=O) groups is 9. The number of aromatic amines is 1. The number of aldehydes is 1. The van der Waals surface area contributed by atoms with E-state index in [1.54, 1.807) is 71.6 Å². The van der Waals surface area contributed by atoms with Crippen LogP contribution in [0.1, 0.15) is 70.7 Å². The number of aryl methyl sites for hydroxylation is 1. The standard InChI is InChI=1S/C56H59N13O15S2/c1-3-35-36-17-33(12-15-40(36)66-48-38(35)24-69-42(48)18-37(43(71)25-70)39(27-82-2)53(69)78)84-56(81)83-26-29-6-13-34(14-7-29)86-85-28-41(54(79)80)65-47(75)23-62-46(74)22-61-45(73)21-60-44(72)5-4-16-58-51(76)30-8-10-31(11-9-30)59-19-32-20-63-50-49(64-32)52(77)68-55(57)67-50/h6-15,17,20,25,41-43,59,71H,3-5,16,18-19,21-24,26-28H2,1-2H3,(H,58,76)(H,60,72)(H,61,73)(H,62,74)(H,65,75)(H,79,80)(H3,57,63,67,68,77)/t41-,42?,43+/m0/s1. The van der Waals surface area contributed by atoms with Crippen molar-refractivity contribution in [2.75, 3.05) is 56.7 Å². The number of aliphatic hydroxyl groups excluding tert-OH is 1. The van der Waals surface area contributed by atoms with Gasteiger partial charge in [-0.1, -0.05) is 40.6 Å². The number of benzene rings is 3. The highest BCUT2D eigenvalue weighted by Gasteiger charge is 2.43. The van der Waals surface area contributed by atoms with Gasteiger partial charge in [0.05, 0.1) is 61.9 Å². The zero-order valence-electron chi connectivity index (χ0n) is 46.3. The van der Waals surface area contributed by atoms with Gasteiger partial charge >= 0.3 is 12.1 Å². The van der Waals surface area contributed by atoms with Gasteiger partial charge in [-0.3, -0.25) is 43.5 Å². The Morgan fingerprint density at radius 1 is 0.895 bits per heavy atom. The van der Waals surface area contributed by atoms with E-state index in [4.69, 9.17) is 24.9 Å². The first-order valence-corrected chi connectivity index (χ1v) is 29.0. The zero-order chi connectivity index (χ0) is 61.4. The lowest BCUT2D eigenvalue weighted by Crippen LogP contribution is -2.48. The van der Waals surface area contributed by atoms with Crippen molar-refractivity contribution in [3.8, 4) is 5.75 Å². The monoisotopic (exact) mass is 1220 g/mol. The van der Waals surface area contributed by atoms with Crippen LogP contribution in [0.4, 0.5) is 16.4 Å². The quantitative estimate of drug-likeness (QED) is 0.0110. The number of aliphatic hydroxyl groups is 1. The van der Waals surface area contributed by atoms with Gasteiger partial charge in [-0.2, -0.15) is 4.98 Å². The van der Waals surface area contributed by atoms with Crippen LogP contribution in [-0.4, -0.2) is 152 Å². The van der Waals surface area contributed by atoms with Crippen LogP contribution in [-0.2, 0) is 69.2 Å². The molecule has 3 atom stereocenters. The third-order valence-corrected chi connectivity index (χ3v) is 15.9. The minimum Gasteiger partial charge on any atom is -0.480 e. The van der Waals surface area contributed by atoms with E-state index in [-0.39, 0.29) is 98.1 Å². The number of carboxylic acid groups (broad SMARTS) is 1. The number of fused-ring (bicyclic) bond motifs is 5. The number of carboxylic acids is 1. The van der Waals surface area contributed by atoms with E-state index in [2.05, 4.69) is 51.8 Å². The largest absolute Gasteiger partial charge is 0.514 e. The summed E-state index contributed by atoms with van der Waals surface area (Å²) in [7, 11) is 3.82. The summed E-state index contributed by atoms with van der Waals surface area (Å²) in [6, 6.07) is 16.7. The average molecular weight is 1220 g/mol. The van der Waals surface area contributed by atoms with Gasteiger partial charge in [-0.15, -0.1) is 0 Å². The van der Waals surface area contributed by atoms with Gasteiger partial charge in [0.1, 0.15) is 24.5 Å². The second-order valence-corrected chi connectivity index (χ2v) is 21.8. The third kappa shape index (κ3) is 16.2. The summed E-state index contributed by atoms with van der Waals surface area (Å²) in [4.78, 5) is 146. The Labute approximate surface area is 497 Å². The lowest BCUT2D eigenvalue weighted by atomic mass is 9.89. The van der Waals surface area contributed by atoms with E-state index in [1.165, 1.54) is 24.1 Å². The molecule has 1 unspecified atom stereocenters. The Morgan fingerprint density at radius 2 is 1.62 bits per heavy atom. The first-order valence-electron chi connectivity index (χ1n) is 26.7. The SMILES string of the molecule is CCc1c2c(nc3ccc(OC(=O)OCc4ccc(SSC[C@H](NC(=O)CNC(=O)CNC(=O)CNC(=O)CCCNC(=O)c5ccc(NCc6cnc7nc(N)[nH]c(=O)c7n6)cc5)C(=O)O)cc4)cc13)C1CC([C@H](O)C=O)=C(COC)C(=O)N1C2. The molecule has 0 saturated heterocycles. The molecule has 0 spiro atoms. The van der Waals surface area contributed by atoms with Crippen LogP contribution in [0.5, 0.6) is 5.75 Å². The Balaban J connectivity index is 0.672. The molecule has 5 heterocycles. The van der Waals surface area contributed by atoms with E-state index >= 15 is 0 Å². The molecule has 0 fully saturated rings. The maximum absolute atomic E-state index is 13.6. The van der Waals surface area contributed by atoms with Crippen LogP contribution < -0.4 is 47.9 Å². The van der Waals surface area contributed by atoms with E-state index in [0.29, 0.717) is 52.0 Å². The second kappa shape index (κ2) is 29.3. The molecule has 0 radical (unpaired) electrons. The van der Waals surface area contributed by atoms with Crippen LogP contribution in [0.3, 0.4) is 0 Å². The number of nitrogens with one attached hydrogen (secondary N) is 7. The molecular weight excluding hydrogens is 1160 g/mol. The van der Waals surface area contributed by atoms with Crippen LogP contribution >= 0.6 is 21.6 Å². The Hall–Kier alpha value is -9.52. The molecule has 86 heavy (non-hydrogen) atoms. The van der Waals surface area contributed by atoms with Gasteiger partial charge in [0.15, 0.2) is 17.5 Å². The van der Waals surface area contributed by atoms with E-state index in [0.717, 1.165) is 32.2 Å². The molecule has 3 aromatic carbocycles. The molecule has 0 saturated carbocycles. The fraction of sp³-hybridized carbons (Fsp3) is 0.321. The van der Waals surface area contributed by atoms with Crippen molar-refractivity contribution in [3.63, 3.8) is 0 Å². The molecule has 3 aromatic heterocycles. The molecule has 2 aliphatic rings. The molecule has 8 rings (SSSR count). The van der Waals surface area contributed by atoms with E-state index in [9.17, 15) is 58.2 Å². The average Bonchev–Trinajstić information content (AvgIpc) is 1.60. The number of aliphatic carboxylic acids is 1. The number of rotatable bonds is 28. The molecule has 0 bridgehead atoms. The maximum atomic E-state index is 13.6. The molecule has 11 N–H and O–H groups in total. The van der Waals surface area contributed by atoms with Crippen molar-refractivity contribution >= 4 is 109 Å². The smallest absolute Gasteiger partial charge is 0.480 e. The lowest BCUT2D eigenvalue weighted by molar-refractivity contribution is -0.141. The van der Waals surface area contributed by atoms with Gasteiger partial charge in [-0.25, -0.2) is 19.6 Å². The van der Waals surface area contributed by atoms with Crippen molar-refractivity contribution in [2.45, 2.75) is 75.4 Å². The number of H-pyrrole nitrogens is 1. The molecular formula is C56H59N13O15S2. The third-order valence-electron chi connectivity index (χ3n) is 13.5. The number of hydrogen-bond acceptors (Lipinski definition) is 22. The Bertz CT molecular complexity index is 3680. The summed E-state index contributed by atoms with van der Waals surface area (Å²) in [6.45, 7) is 0.910. The number of hydrogen-bond donors (Lipinski definition) is 10.